The van der Waals surface area contributed by atoms with Gasteiger partial charge in [0.1, 0.15) is 15.6 Å². The highest BCUT2D eigenvalue weighted by Gasteiger charge is 2.15. The second-order valence-corrected chi connectivity index (χ2v) is 7.85. The Labute approximate surface area is 138 Å². The molecule has 0 saturated carbocycles. The number of carbonyl (C=O) groups is 1. The molecule has 1 atom stereocenters. The molecule has 0 aliphatic rings. The summed E-state index contributed by atoms with van der Waals surface area (Å²) < 4.78 is 27.8. The minimum atomic E-state index is -3.11. The van der Waals surface area contributed by atoms with E-state index in [1.165, 1.54) is 0 Å². The van der Waals surface area contributed by atoms with Crippen LogP contribution in [0.15, 0.2) is 24.3 Å². The summed E-state index contributed by atoms with van der Waals surface area (Å²) in [6.45, 7) is 3.10. The van der Waals surface area contributed by atoms with Gasteiger partial charge in [-0.1, -0.05) is 25.5 Å². The number of benzene rings is 1. The average molecular weight is 342 g/mol. The molecule has 1 unspecified atom stereocenters. The third-order valence-corrected chi connectivity index (χ3v) is 4.25. The summed E-state index contributed by atoms with van der Waals surface area (Å²) in [5.74, 6) is 0.319. The third kappa shape index (κ3) is 8.56. The van der Waals surface area contributed by atoms with Crippen LogP contribution in [0.25, 0.3) is 0 Å². The molecule has 7 heteroatoms. The molecule has 1 aromatic rings. The summed E-state index contributed by atoms with van der Waals surface area (Å²) >= 11 is 0. The van der Waals surface area contributed by atoms with Crippen LogP contribution in [0.2, 0.25) is 0 Å². The Balaban J connectivity index is 2.44. The number of nitrogens with one attached hydrogen (secondary N) is 1. The van der Waals surface area contributed by atoms with Crippen LogP contribution < -0.4 is 15.8 Å². The molecular formula is C16H26N2O4S. The van der Waals surface area contributed by atoms with Crippen molar-refractivity contribution in [2.24, 2.45) is 5.73 Å². The molecule has 0 saturated heterocycles. The normalized spacial score (nSPS) is 12.7. The molecule has 1 amide bonds. The predicted octanol–water partition coefficient (Wildman–Crippen LogP) is 1.24. The van der Waals surface area contributed by atoms with Gasteiger partial charge in [0, 0.05) is 12.8 Å². The zero-order valence-corrected chi connectivity index (χ0v) is 14.6. The first-order valence-corrected chi connectivity index (χ1v) is 9.80. The van der Waals surface area contributed by atoms with Gasteiger partial charge in [0.05, 0.1) is 18.4 Å². The molecule has 0 heterocycles. The van der Waals surface area contributed by atoms with Crippen molar-refractivity contribution in [3.8, 4) is 5.75 Å². The van der Waals surface area contributed by atoms with Gasteiger partial charge in [-0.15, -0.1) is 0 Å². The Morgan fingerprint density at radius 2 is 2.13 bits per heavy atom. The first kappa shape index (κ1) is 19.4. The predicted molar refractivity (Wildman–Crippen MR) is 91.0 cm³/mol. The lowest BCUT2D eigenvalue weighted by Gasteiger charge is -2.12. The SMILES string of the molecule is CCCCOc1cccc(CNC(=O)C(N)CCS(C)(=O)=O)c1. The molecule has 6 nitrogen and oxygen atoms in total. The van der Waals surface area contributed by atoms with Crippen molar-refractivity contribution < 1.29 is 17.9 Å². The van der Waals surface area contributed by atoms with Crippen molar-refractivity contribution in [2.75, 3.05) is 18.6 Å². The zero-order valence-electron chi connectivity index (χ0n) is 13.7. The Bertz CT molecular complexity index is 602. The Morgan fingerprint density at radius 3 is 2.78 bits per heavy atom. The van der Waals surface area contributed by atoms with Gasteiger partial charge in [0.15, 0.2) is 0 Å². The number of unbranched alkanes of at least 4 members (excludes halogenated alkanes) is 1. The molecule has 0 fully saturated rings. The Hall–Kier alpha value is -1.60. The lowest BCUT2D eigenvalue weighted by molar-refractivity contribution is -0.122. The molecule has 0 aliphatic carbocycles. The maximum atomic E-state index is 11.9. The average Bonchev–Trinajstić information content (AvgIpc) is 2.50. The first-order chi connectivity index (χ1) is 10.8. The summed E-state index contributed by atoms with van der Waals surface area (Å²) in [6, 6.07) is 6.67. The summed E-state index contributed by atoms with van der Waals surface area (Å²) in [5.41, 5.74) is 6.60. The Kier molecular flexibility index (Phi) is 8.05. The minimum absolute atomic E-state index is 0.0949. The molecule has 0 aromatic heterocycles. The number of sulfone groups is 1. The number of nitrogens with two attached hydrogens (primary N) is 1. The van der Waals surface area contributed by atoms with Gasteiger partial charge in [0.2, 0.25) is 5.91 Å². The van der Waals surface area contributed by atoms with Crippen molar-refractivity contribution in [1.82, 2.24) is 5.32 Å². The van der Waals surface area contributed by atoms with E-state index < -0.39 is 15.9 Å². The zero-order chi connectivity index (χ0) is 17.3. The van der Waals surface area contributed by atoms with E-state index in [0.717, 1.165) is 30.4 Å². The number of rotatable bonds is 10. The number of amides is 1. The van der Waals surface area contributed by atoms with Gasteiger partial charge in [-0.05, 0) is 30.5 Å². The molecule has 1 aromatic carbocycles. The summed E-state index contributed by atoms with van der Waals surface area (Å²) in [6.07, 6.45) is 3.31. The molecule has 1 rings (SSSR count). The van der Waals surface area contributed by atoms with Crippen LogP contribution in [0.4, 0.5) is 0 Å². The Morgan fingerprint density at radius 1 is 1.39 bits per heavy atom. The van der Waals surface area contributed by atoms with Crippen LogP contribution >= 0.6 is 0 Å². The van der Waals surface area contributed by atoms with E-state index in [0.29, 0.717) is 13.2 Å². The van der Waals surface area contributed by atoms with Crippen molar-refractivity contribution >= 4 is 15.7 Å². The summed E-state index contributed by atoms with van der Waals surface area (Å²) in [4.78, 5) is 11.9. The van der Waals surface area contributed by atoms with E-state index in [-0.39, 0.29) is 18.1 Å². The molecule has 3 N–H and O–H groups in total. The molecule has 23 heavy (non-hydrogen) atoms. The van der Waals surface area contributed by atoms with E-state index >= 15 is 0 Å². The second-order valence-electron chi connectivity index (χ2n) is 5.59. The van der Waals surface area contributed by atoms with Crippen molar-refractivity contribution in [3.63, 3.8) is 0 Å². The molecular weight excluding hydrogens is 316 g/mol. The summed E-state index contributed by atoms with van der Waals surface area (Å²) in [5, 5.41) is 2.72. The van der Waals surface area contributed by atoms with Crippen LogP contribution in [-0.2, 0) is 21.2 Å². The van der Waals surface area contributed by atoms with Crippen LogP contribution in [0, 0.1) is 0 Å². The highest BCUT2D eigenvalue weighted by Crippen LogP contribution is 2.13. The number of carbonyl (C=O) groups excluding carboxylic acids is 1. The molecule has 0 spiro atoms. The van der Waals surface area contributed by atoms with Crippen LogP contribution in [0.1, 0.15) is 31.7 Å². The smallest absolute Gasteiger partial charge is 0.237 e. The van der Waals surface area contributed by atoms with E-state index in [1.54, 1.807) is 0 Å². The standard InChI is InChI=1S/C16H26N2O4S/c1-3-4-9-22-14-7-5-6-13(11-14)12-18-16(19)15(17)8-10-23(2,20)21/h5-7,11,15H,3-4,8-10,12,17H2,1-2H3,(H,18,19). The first-order valence-electron chi connectivity index (χ1n) is 7.74. The largest absolute Gasteiger partial charge is 0.494 e. The molecule has 0 aliphatic heterocycles. The monoisotopic (exact) mass is 342 g/mol. The fraction of sp³-hybridized carbons (Fsp3) is 0.562. The fourth-order valence-corrected chi connectivity index (χ4v) is 2.55. The van der Waals surface area contributed by atoms with Gasteiger partial charge in [-0.25, -0.2) is 8.42 Å². The van der Waals surface area contributed by atoms with Gasteiger partial charge >= 0.3 is 0 Å². The topological polar surface area (TPSA) is 98.5 Å². The maximum absolute atomic E-state index is 11.9. The van der Waals surface area contributed by atoms with E-state index in [9.17, 15) is 13.2 Å². The lowest BCUT2D eigenvalue weighted by atomic mass is 10.2. The van der Waals surface area contributed by atoms with Crippen molar-refractivity contribution in [3.05, 3.63) is 29.8 Å². The van der Waals surface area contributed by atoms with E-state index in [2.05, 4.69) is 12.2 Å². The van der Waals surface area contributed by atoms with E-state index in [1.807, 2.05) is 24.3 Å². The molecule has 130 valence electrons. The highest BCUT2D eigenvalue weighted by molar-refractivity contribution is 7.90. The van der Waals surface area contributed by atoms with Gasteiger partial charge in [0.25, 0.3) is 0 Å². The maximum Gasteiger partial charge on any atom is 0.237 e. The van der Waals surface area contributed by atoms with Crippen molar-refractivity contribution in [1.29, 1.82) is 0 Å². The quantitative estimate of drug-likeness (QED) is 0.624. The van der Waals surface area contributed by atoms with Gasteiger partial charge in [-0.2, -0.15) is 0 Å². The van der Waals surface area contributed by atoms with Gasteiger partial charge < -0.3 is 15.8 Å². The highest BCUT2D eigenvalue weighted by atomic mass is 32.2. The fourth-order valence-electron chi connectivity index (χ4n) is 1.87. The number of hydrogen-bond acceptors (Lipinski definition) is 5. The minimum Gasteiger partial charge on any atom is -0.494 e. The van der Waals surface area contributed by atoms with Crippen LogP contribution in [0.5, 0.6) is 5.75 Å². The second kappa shape index (κ2) is 9.52. The summed E-state index contributed by atoms with van der Waals surface area (Å²) in [7, 11) is -3.11. The van der Waals surface area contributed by atoms with Crippen LogP contribution in [0.3, 0.4) is 0 Å². The van der Waals surface area contributed by atoms with Crippen LogP contribution in [-0.4, -0.2) is 39.0 Å². The lowest BCUT2D eigenvalue weighted by Crippen LogP contribution is -2.41. The van der Waals surface area contributed by atoms with Gasteiger partial charge in [-0.3, -0.25) is 4.79 Å². The molecule has 0 radical (unpaired) electrons. The third-order valence-electron chi connectivity index (χ3n) is 3.27. The molecule has 0 bridgehead atoms. The van der Waals surface area contributed by atoms with E-state index in [4.69, 9.17) is 10.5 Å². The number of ether oxygens (including phenoxy) is 1. The van der Waals surface area contributed by atoms with Crippen molar-refractivity contribution in [2.45, 2.75) is 38.8 Å². The number of hydrogen-bond donors (Lipinski definition) is 2.